The summed E-state index contributed by atoms with van der Waals surface area (Å²) in [6, 6.07) is 8.61. The van der Waals surface area contributed by atoms with Crippen molar-refractivity contribution in [1.82, 2.24) is 5.32 Å². The third kappa shape index (κ3) is 3.34. The molecule has 1 aromatic rings. The van der Waals surface area contributed by atoms with Crippen LogP contribution in [0.2, 0.25) is 0 Å². The number of fused-ring (bicyclic) bond motifs is 1. The van der Waals surface area contributed by atoms with Gasteiger partial charge in [-0.25, -0.2) is 4.99 Å². The first-order valence-electron chi connectivity index (χ1n) is 6.49. The van der Waals surface area contributed by atoms with Crippen LogP contribution in [0.4, 0.5) is 5.69 Å². The van der Waals surface area contributed by atoms with Crippen LogP contribution in [0.25, 0.3) is 0 Å². The van der Waals surface area contributed by atoms with Gasteiger partial charge >= 0.3 is 0 Å². The number of thioether (sulfide) groups is 2. The van der Waals surface area contributed by atoms with E-state index in [0.717, 1.165) is 28.7 Å². The molecule has 1 heterocycles. The highest BCUT2D eigenvalue weighted by Gasteiger charge is 2.27. The van der Waals surface area contributed by atoms with Crippen molar-refractivity contribution in [3.8, 4) is 0 Å². The Morgan fingerprint density at radius 1 is 1.47 bits per heavy atom. The van der Waals surface area contributed by atoms with Gasteiger partial charge in [0.2, 0.25) is 5.91 Å². The molecule has 3 nitrogen and oxygen atoms in total. The third-order valence-electron chi connectivity index (χ3n) is 3.13. The Bertz CT molecular complexity index is 526. The van der Waals surface area contributed by atoms with Crippen molar-refractivity contribution < 1.29 is 4.79 Å². The first-order valence-corrected chi connectivity index (χ1v) is 8.35. The zero-order valence-corrected chi connectivity index (χ0v) is 12.4. The largest absolute Gasteiger partial charge is 0.352 e. The molecule has 1 N–H and O–H groups in total. The maximum atomic E-state index is 11.9. The van der Waals surface area contributed by atoms with Crippen molar-refractivity contribution in [2.24, 2.45) is 4.99 Å². The Hall–Kier alpha value is -0.940. The number of amides is 1. The van der Waals surface area contributed by atoms with E-state index in [9.17, 15) is 4.79 Å². The van der Waals surface area contributed by atoms with E-state index >= 15 is 0 Å². The Kier molecular flexibility index (Phi) is 3.84. The van der Waals surface area contributed by atoms with Crippen LogP contribution in [0.1, 0.15) is 25.3 Å². The second-order valence-electron chi connectivity index (χ2n) is 4.84. The van der Waals surface area contributed by atoms with Crippen molar-refractivity contribution in [3.05, 3.63) is 29.8 Å². The number of carbonyl (C=O) groups excluding carboxylic acids is 1. The number of nitrogens with zero attached hydrogens (tertiary/aromatic N) is 1. The van der Waals surface area contributed by atoms with Crippen LogP contribution in [0.5, 0.6) is 0 Å². The molecule has 0 aromatic heterocycles. The molecule has 1 unspecified atom stereocenters. The van der Waals surface area contributed by atoms with Gasteiger partial charge in [0.05, 0.1) is 10.9 Å². The van der Waals surface area contributed by atoms with Gasteiger partial charge in [-0.15, -0.1) is 0 Å². The average Bonchev–Trinajstić information content (AvgIpc) is 3.22. The van der Waals surface area contributed by atoms with Crippen molar-refractivity contribution in [3.63, 3.8) is 0 Å². The lowest BCUT2D eigenvalue weighted by Gasteiger charge is -2.17. The molecule has 1 saturated carbocycles. The van der Waals surface area contributed by atoms with Crippen molar-refractivity contribution in [2.75, 3.05) is 0 Å². The van der Waals surface area contributed by atoms with Crippen molar-refractivity contribution >= 4 is 39.5 Å². The number of hydrogen-bond acceptors (Lipinski definition) is 4. The van der Waals surface area contributed by atoms with Crippen LogP contribution in [0.15, 0.2) is 29.3 Å². The van der Waals surface area contributed by atoms with Gasteiger partial charge in [0, 0.05) is 11.8 Å². The number of para-hydroxylation sites is 1. The Morgan fingerprint density at radius 3 is 3.05 bits per heavy atom. The molecule has 0 spiro atoms. The van der Waals surface area contributed by atoms with E-state index in [1.54, 1.807) is 23.5 Å². The molecular formula is C14H16N2OS2. The molecule has 3 rings (SSSR count). The number of aliphatic imine (C=N–C) groups is 1. The fourth-order valence-corrected chi connectivity index (χ4v) is 4.02. The lowest BCUT2D eigenvalue weighted by atomic mass is 10.2. The molecule has 5 heteroatoms. The Labute approximate surface area is 121 Å². The lowest BCUT2D eigenvalue weighted by Crippen LogP contribution is -2.33. The second kappa shape index (κ2) is 5.59. The fraction of sp³-hybridized carbons (Fsp3) is 0.429. The minimum atomic E-state index is -0.0721. The second-order valence-corrected chi connectivity index (χ2v) is 7.39. The van der Waals surface area contributed by atoms with Gasteiger partial charge in [-0.2, -0.15) is 0 Å². The monoisotopic (exact) mass is 292 g/mol. The molecule has 1 aliphatic heterocycles. The van der Waals surface area contributed by atoms with Crippen molar-refractivity contribution in [2.45, 2.75) is 36.8 Å². The summed E-state index contributed by atoms with van der Waals surface area (Å²) in [4.78, 5) is 16.5. The molecule has 0 radical (unpaired) electrons. The summed E-state index contributed by atoms with van der Waals surface area (Å²) in [5.41, 5.74) is 2.31. The van der Waals surface area contributed by atoms with Crippen LogP contribution in [0.3, 0.4) is 0 Å². The molecule has 2 aliphatic rings. The third-order valence-corrected chi connectivity index (χ3v) is 5.42. The van der Waals surface area contributed by atoms with E-state index in [2.05, 4.69) is 16.4 Å². The zero-order chi connectivity index (χ0) is 13.2. The first kappa shape index (κ1) is 13.1. The zero-order valence-electron chi connectivity index (χ0n) is 10.8. The summed E-state index contributed by atoms with van der Waals surface area (Å²) in [5.74, 6) is 1.08. The predicted octanol–water partition coefficient (Wildman–Crippen LogP) is 3.32. The molecule has 1 aliphatic carbocycles. The summed E-state index contributed by atoms with van der Waals surface area (Å²) in [6.45, 7) is 1.95. The Morgan fingerprint density at radius 2 is 2.26 bits per heavy atom. The predicted molar refractivity (Wildman–Crippen MR) is 83.0 cm³/mol. The molecule has 0 saturated heterocycles. The van der Waals surface area contributed by atoms with Crippen LogP contribution in [-0.2, 0) is 10.5 Å². The molecule has 1 atom stereocenters. The van der Waals surface area contributed by atoms with Gasteiger partial charge in [0.1, 0.15) is 4.38 Å². The molecule has 1 amide bonds. The average molecular weight is 292 g/mol. The topological polar surface area (TPSA) is 41.5 Å². The first-order chi connectivity index (χ1) is 9.22. The van der Waals surface area contributed by atoms with Gasteiger partial charge in [0.15, 0.2) is 0 Å². The lowest BCUT2D eigenvalue weighted by molar-refractivity contribution is -0.120. The van der Waals surface area contributed by atoms with Gasteiger partial charge in [-0.3, -0.25) is 4.79 Å². The van der Waals surface area contributed by atoms with Gasteiger partial charge in [0.25, 0.3) is 0 Å². The molecule has 1 aromatic carbocycles. The van der Waals surface area contributed by atoms with Gasteiger partial charge in [-0.05, 0) is 31.4 Å². The van der Waals surface area contributed by atoms with E-state index in [4.69, 9.17) is 0 Å². The van der Waals surface area contributed by atoms with Crippen LogP contribution in [0, 0.1) is 0 Å². The number of carbonyl (C=O) groups is 1. The molecular weight excluding hydrogens is 276 g/mol. The van der Waals surface area contributed by atoms with E-state index in [0.29, 0.717) is 6.04 Å². The normalized spacial score (nSPS) is 19.3. The maximum Gasteiger partial charge on any atom is 0.233 e. The SMILES string of the molecule is CC(SC1=Nc2ccccc2CS1)C(=O)NC1CC1. The number of benzene rings is 1. The quantitative estimate of drug-likeness (QED) is 0.929. The summed E-state index contributed by atoms with van der Waals surface area (Å²) in [6.07, 6.45) is 2.26. The van der Waals surface area contributed by atoms with Gasteiger partial charge < -0.3 is 5.32 Å². The van der Waals surface area contributed by atoms with Crippen LogP contribution >= 0.6 is 23.5 Å². The summed E-state index contributed by atoms with van der Waals surface area (Å²) in [7, 11) is 0. The highest BCUT2D eigenvalue weighted by Crippen LogP contribution is 2.35. The fourth-order valence-electron chi connectivity index (χ4n) is 1.82. The van der Waals surface area contributed by atoms with E-state index in [-0.39, 0.29) is 11.2 Å². The number of nitrogens with one attached hydrogen (secondary N) is 1. The van der Waals surface area contributed by atoms with E-state index < -0.39 is 0 Å². The number of hydrogen-bond donors (Lipinski definition) is 1. The minimum Gasteiger partial charge on any atom is -0.352 e. The minimum absolute atomic E-state index is 0.0721. The standard InChI is InChI=1S/C14H16N2OS2/c1-9(13(17)15-11-6-7-11)19-14-16-12-5-3-2-4-10(12)8-18-14/h2-5,9,11H,6-8H2,1H3,(H,15,17). The molecule has 1 fully saturated rings. The van der Waals surface area contributed by atoms with Crippen LogP contribution in [-0.4, -0.2) is 21.6 Å². The molecule has 19 heavy (non-hydrogen) atoms. The highest BCUT2D eigenvalue weighted by molar-refractivity contribution is 8.39. The summed E-state index contributed by atoms with van der Waals surface area (Å²) in [5, 5.41) is 2.97. The number of rotatable bonds is 3. The van der Waals surface area contributed by atoms with Gasteiger partial charge in [-0.1, -0.05) is 41.7 Å². The smallest absolute Gasteiger partial charge is 0.233 e. The summed E-state index contributed by atoms with van der Waals surface area (Å²) < 4.78 is 0.997. The Balaban J connectivity index is 1.63. The van der Waals surface area contributed by atoms with Crippen LogP contribution < -0.4 is 5.32 Å². The van der Waals surface area contributed by atoms with Crippen molar-refractivity contribution in [1.29, 1.82) is 0 Å². The molecule has 0 bridgehead atoms. The highest BCUT2D eigenvalue weighted by atomic mass is 32.2. The van der Waals surface area contributed by atoms with E-state index in [1.807, 2.05) is 25.1 Å². The molecule has 100 valence electrons. The summed E-state index contributed by atoms with van der Waals surface area (Å²) >= 11 is 3.28. The maximum absolute atomic E-state index is 11.9. The van der Waals surface area contributed by atoms with E-state index in [1.165, 1.54) is 5.56 Å².